The van der Waals surface area contributed by atoms with Crippen molar-refractivity contribution in [2.75, 3.05) is 7.11 Å². The normalized spacial score (nSPS) is 11.6. The number of alkyl halides is 3. The van der Waals surface area contributed by atoms with Crippen molar-refractivity contribution in [3.63, 3.8) is 0 Å². The highest BCUT2D eigenvalue weighted by Gasteiger charge is 2.30. The molecule has 0 saturated heterocycles. The highest BCUT2D eigenvalue weighted by molar-refractivity contribution is 5.68. The molecule has 0 atom stereocenters. The van der Waals surface area contributed by atoms with Gasteiger partial charge in [0.25, 0.3) is 0 Å². The lowest BCUT2D eigenvalue weighted by Gasteiger charge is -2.08. The van der Waals surface area contributed by atoms with Crippen molar-refractivity contribution >= 4 is 18.1 Å². The van der Waals surface area contributed by atoms with E-state index >= 15 is 0 Å². The molecule has 0 radical (unpaired) electrons. The average molecular weight is 557 g/mol. The van der Waals surface area contributed by atoms with E-state index in [-0.39, 0.29) is 24.9 Å². The SMILES string of the molecule is COC(=O)Cn1cc(CCCCc2ccc(OCc3coc(C=Cc4ccc(OC(F)(F)F)cc4)n3)cc2)nn1. The summed E-state index contributed by atoms with van der Waals surface area (Å²) in [5.41, 5.74) is 3.29. The molecule has 0 amide bonds. The largest absolute Gasteiger partial charge is 0.573 e. The van der Waals surface area contributed by atoms with Crippen molar-refractivity contribution in [2.45, 2.75) is 45.2 Å². The maximum Gasteiger partial charge on any atom is 0.573 e. The minimum absolute atomic E-state index is 0.0531. The summed E-state index contributed by atoms with van der Waals surface area (Å²) in [5, 5.41) is 8.01. The van der Waals surface area contributed by atoms with Gasteiger partial charge in [0.15, 0.2) is 0 Å². The number of esters is 1. The van der Waals surface area contributed by atoms with Crippen LogP contribution in [0.2, 0.25) is 0 Å². The number of rotatable bonds is 13. The standard InChI is InChI=1S/C28H27F3N4O5/c1-37-27(36)17-35-16-22(33-34-35)5-3-2-4-20-6-11-24(12-7-20)38-18-23-19-39-26(32-23)15-10-21-8-13-25(14-9-21)40-28(29,30)31/h6-16,19H,2-5,17-18H2,1H3. The van der Waals surface area contributed by atoms with Gasteiger partial charge in [0.1, 0.15) is 36.6 Å². The number of carbonyl (C=O) groups excluding carboxylic acids is 1. The predicted octanol–water partition coefficient (Wildman–Crippen LogP) is 5.65. The number of hydrogen-bond donors (Lipinski definition) is 0. The smallest absolute Gasteiger partial charge is 0.487 e. The van der Waals surface area contributed by atoms with Gasteiger partial charge in [0.05, 0.1) is 12.8 Å². The number of benzene rings is 2. The fourth-order valence-corrected chi connectivity index (χ4v) is 3.69. The molecule has 2 heterocycles. The lowest BCUT2D eigenvalue weighted by molar-refractivity contribution is -0.274. The molecule has 4 aromatic rings. The highest BCUT2D eigenvalue weighted by atomic mass is 19.4. The summed E-state index contributed by atoms with van der Waals surface area (Å²) in [6.07, 6.45) is 5.41. The first kappa shape index (κ1) is 28.4. The quantitative estimate of drug-likeness (QED) is 0.154. The van der Waals surface area contributed by atoms with Crippen LogP contribution < -0.4 is 9.47 Å². The van der Waals surface area contributed by atoms with Crippen LogP contribution >= 0.6 is 0 Å². The summed E-state index contributed by atoms with van der Waals surface area (Å²) in [4.78, 5) is 15.6. The zero-order valence-corrected chi connectivity index (χ0v) is 21.6. The summed E-state index contributed by atoms with van der Waals surface area (Å²) in [6.45, 7) is 0.272. The van der Waals surface area contributed by atoms with Gasteiger partial charge in [-0.05, 0) is 67.2 Å². The van der Waals surface area contributed by atoms with E-state index in [9.17, 15) is 18.0 Å². The number of hydrogen-bond acceptors (Lipinski definition) is 8. The molecule has 4 rings (SSSR count). The molecule has 0 N–H and O–H groups in total. The van der Waals surface area contributed by atoms with E-state index < -0.39 is 6.36 Å². The summed E-state index contributed by atoms with van der Waals surface area (Å²) in [5.74, 6) is 0.392. The number of nitrogens with zero attached hydrogens (tertiary/aromatic N) is 4. The van der Waals surface area contributed by atoms with E-state index in [2.05, 4.69) is 24.8 Å². The first-order valence-corrected chi connectivity index (χ1v) is 12.4. The van der Waals surface area contributed by atoms with Crippen molar-refractivity contribution in [3.05, 3.63) is 89.4 Å². The topological polar surface area (TPSA) is 102 Å². The Morgan fingerprint density at radius 3 is 2.42 bits per heavy atom. The van der Waals surface area contributed by atoms with Crippen LogP contribution in [0, 0.1) is 0 Å². The molecular formula is C28H27F3N4O5. The van der Waals surface area contributed by atoms with E-state index in [1.165, 1.54) is 47.9 Å². The summed E-state index contributed by atoms with van der Waals surface area (Å²) < 4.78 is 57.9. The van der Waals surface area contributed by atoms with Gasteiger partial charge >= 0.3 is 12.3 Å². The van der Waals surface area contributed by atoms with Crippen LogP contribution in [0.1, 0.15) is 41.2 Å². The molecule has 0 spiro atoms. The Morgan fingerprint density at radius 1 is 0.975 bits per heavy atom. The van der Waals surface area contributed by atoms with Crippen LogP contribution in [-0.2, 0) is 35.5 Å². The molecule has 0 aliphatic carbocycles. The highest BCUT2D eigenvalue weighted by Crippen LogP contribution is 2.23. The molecule has 0 bridgehead atoms. The van der Waals surface area contributed by atoms with E-state index in [1.807, 2.05) is 24.3 Å². The van der Waals surface area contributed by atoms with Crippen molar-refractivity contribution < 1.29 is 36.6 Å². The minimum atomic E-state index is -4.73. The van der Waals surface area contributed by atoms with E-state index in [0.717, 1.165) is 31.4 Å². The fourth-order valence-electron chi connectivity index (χ4n) is 3.69. The van der Waals surface area contributed by atoms with Crippen LogP contribution in [0.25, 0.3) is 12.2 Å². The number of ether oxygens (including phenoxy) is 3. The van der Waals surface area contributed by atoms with Crippen molar-refractivity contribution in [1.29, 1.82) is 0 Å². The lowest BCUT2D eigenvalue weighted by atomic mass is 10.1. The van der Waals surface area contributed by atoms with Crippen molar-refractivity contribution in [2.24, 2.45) is 0 Å². The molecule has 0 saturated carbocycles. The zero-order valence-electron chi connectivity index (χ0n) is 21.6. The molecular weight excluding hydrogens is 529 g/mol. The third kappa shape index (κ3) is 9.29. The number of aryl methyl sites for hydroxylation is 2. The summed E-state index contributed by atoms with van der Waals surface area (Å²) >= 11 is 0. The molecule has 12 heteroatoms. The third-order valence-electron chi connectivity index (χ3n) is 5.66. The van der Waals surface area contributed by atoms with Gasteiger partial charge in [-0.3, -0.25) is 4.79 Å². The Morgan fingerprint density at radius 2 is 1.70 bits per heavy atom. The number of methoxy groups -OCH3 is 1. The second kappa shape index (κ2) is 13.5. The minimum Gasteiger partial charge on any atom is -0.487 e. The van der Waals surface area contributed by atoms with Gasteiger partial charge < -0.3 is 18.6 Å². The van der Waals surface area contributed by atoms with Gasteiger partial charge in [0.2, 0.25) is 5.89 Å². The molecule has 2 aromatic carbocycles. The van der Waals surface area contributed by atoms with Gasteiger partial charge in [0, 0.05) is 12.3 Å². The van der Waals surface area contributed by atoms with Gasteiger partial charge in [-0.2, -0.15) is 0 Å². The second-order valence-corrected chi connectivity index (χ2v) is 8.75. The monoisotopic (exact) mass is 556 g/mol. The Kier molecular flexibility index (Phi) is 9.55. The number of halogens is 3. The van der Waals surface area contributed by atoms with Crippen LogP contribution in [0.15, 0.2) is 65.4 Å². The molecule has 210 valence electrons. The third-order valence-corrected chi connectivity index (χ3v) is 5.66. The van der Waals surface area contributed by atoms with Crippen LogP contribution in [-0.4, -0.2) is 39.4 Å². The molecule has 2 aromatic heterocycles. The maximum absolute atomic E-state index is 12.3. The maximum atomic E-state index is 12.3. The Balaban J connectivity index is 1.16. The Bertz CT molecular complexity index is 1400. The first-order valence-electron chi connectivity index (χ1n) is 12.4. The molecule has 0 aliphatic rings. The molecule has 0 unspecified atom stereocenters. The summed E-state index contributed by atoms with van der Waals surface area (Å²) in [7, 11) is 1.34. The Hall–Kier alpha value is -4.61. The molecule has 9 nitrogen and oxygen atoms in total. The Labute approximate surface area is 228 Å². The van der Waals surface area contributed by atoms with Crippen molar-refractivity contribution in [3.8, 4) is 11.5 Å². The number of aromatic nitrogens is 4. The first-order chi connectivity index (χ1) is 19.3. The number of unbranched alkanes of at least 4 members (excludes halogenated alkanes) is 1. The van der Waals surface area contributed by atoms with Crippen LogP contribution in [0.3, 0.4) is 0 Å². The van der Waals surface area contributed by atoms with E-state index in [1.54, 1.807) is 18.3 Å². The van der Waals surface area contributed by atoms with Gasteiger partial charge in [-0.1, -0.05) is 29.5 Å². The molecule has 0 fully saturated rings. The van der Waals surface area contributed by atoms with E-state index in [0.29, 0.717) is 22.9 Å². The van der Waals surface area contributed by atoms with Crippen LogP contribution in [0.4, 0.5) is 13.2 Å². The van der Waals surface area contributed by atoms with E-state index in [4.69, 9.17) is 9.15 Å². The molecule has 0 aliphatic heterocycles. The van der Waals surface area contributed by atoms with Crippen molar-refractivity contribution in [1.82, 2.24) is 20.0 Å². The van der Waals surface area contributed by atoms with Crippen LogP contribution in [0.5, 0.6) is 11.5 Å². The molecule has 40 heavy (non-hydrogen) atoms. The van der Waals surface area contributed by atoms with Gasteiger partial charge in [-0.15, -0.1) is 18.3 Å². The average Bonchev–Trinajstić information content (AvgIpc) is 3.58. The zero-order chi connectivity index (χ0) is 28.4. The fraction of sp³-hybridized carbons (Fsp3) is 0.286. The number of carbonyl (C=O) groups is 1. The van der Waals surface area contributed by atoms with Gasteiger partial charge in [-0.25, -0.2) is 9.67 Å². The summed E-state index contributed by atoms with van der Waals surface area (Å²) in [6, 6.07) is 13.3. The predicted molar refractivity (Wildman–Crippen MR) is 138 cm³/mol. The second-order valence-electron chi connectivity index (χ2n) is 8.75. The lowest BCUT2D eigenvalue weighted by Crippen LogP contribution is -2.16. The number of oxazole rings is 1.